The summed E-state index contributed by atoms with van der Waals surface area (Å²) in [5.41, 5.74) is 0. The molecule has 1 aliphatic carbocycles. The molecular formula is C22H41NO3. The maximum atomic E-state index is 10.3. The predicted octanol–water partition coefficient (Wildman–Crippen LogP) is 3.52. The Labute approximate surface area is 160 Å². The van der Waals surface area contributed by atoms with Crippen LogP contribution in [0.1, 0.15) is 64.7 Å². The number of aliphatic hydroxyl groups excluding tert-OH is 3. The average molecular weight is 368 g/mol. The SMILES string of the molecule is CCCCCC(O)/C=C/[C@H]1C(O)CC(O)[C@@H]1C/C=C/CCCCN(C)C. The van der Waals surface area contributed by atoms with E-state index >= 15 is 0 Å². The lowest BCUT2D eigenvalue weighted by atomic mass is 9.89. The summed E-state index contributed by atoms with van der Waals surface area (Å²) in [4.78, 5) is 2.20. The first kappa shape index (κ1) is 23.4. The van der Waals surface area contributed by atoms with Crippen molar-refractivity contribution in [2.75, 3.05) is 20.6 Å². The van der Waals surface area contributed by atoms with E-state index in [1.807, 2.05) is 12.2 Å². The largest absolute Gasteiger partial charge is 0.393 e. The van der Waals surface area contributed by atoms with Gasteiger partial charge in [0.15, 0.2) is 0 Å². The summed E-state index contributed by atoms with van der Waals surface area (Å²) in [6.07, 6.45) is 15.4. The molecule has 0 aromatic rings. The first-order chi connectivity index (χ1) is 12.5. The first-order valence-electron chi connectivity index (χ1n) is 10.5. The average Bonchev–Trinajstić information content (AvgIpc) is 2.85. The number of allylic oxidation sites excluding steroid dienone is 2. The van der Waals surface area contributed by atoms with Crippen LogP contribution in [0.3, 0.4) is 0 Å². The van der Waals surface area contributed by atoms with E-state index < -0.39 is 18.3 Å². The highest BCUT2D eigenvalue weighted by Crippen LogP contribution is 2.36. The Morgan fingerprint density at radius 3 is 2.50 bits per heavy atom. The fraction of sp³-hybridized carbons (Fsp3) is 0.818. The molecule has 3 N–H and O–H groups in total. The molecule has 26 heavy (non-hydrogen) atoms. The van der Waals surface area contributed by atoms with Crippen molar-refractivity contribution in [3.63, 3.8) is 0 Å². The number of nitrogens with zero attached hydrogens (tertiary/aromatic N) is 1. The number of rotatable bonds is 13. The molecule has 0 aromatic carbocycles. The van der Waals surface area contributed by atoms with Crippen LogP contribution in [-0.4, -0.2) is 59.2 Å². The van der Waals surface area contributed by atoms with Crippen molar-refractivity contribution < 1.29 is 15.3 Å². The molecule has 0 spiro atoms. The molecule has 3 unspecified atom stereocenters. The molecule has 5 atom stereocenters. The molecule has 4 nitrogen and oxygen atoms in total. The van der Waals surface area contributed by atoms with Gasteiger partial charge in [-0.3, -0.25) is 0 Å². The highest BCUT2D eigenvalue weighted by molar-refractivity contribution is 5.06. The monoisotopic (exact) mass is 367 g/mol. The minimum atomic E-state index is -0.511. The Bertz CT molecular complexity index is 408. The summed E-state index contributed by atoms with van der Waals surface area (Å²) in [5, 5.41) is 30.6. The van der Waals surface area contributed by atoms with Gasteiger partial charge in [-0.15, -0.1) is 0 Å². The number of hydrogen-bond donors (Lipinski definition) is 3. The number of aliphatic hydroxyl groups is 3. The molecule has 0 amide bonds. The van der Waals surface area contributed by atoms with Gasteiger partial charge in [-0.1, -0.05) is 50.5 Å². The smallest absolute Gasteiger partial charge is 0.0721 e. The van der Waals surface area contributed by atoms with Gasteiger partial charge in [0.2, 0.25) is 0 Å². The van der Waals surface area contributed by atoms with Crippen molar-refractivity contribution in [1.29, 1.82) is 0 Å². The number of hydrogen-bond acceptors (Lipinski definition) is 4. The molecule has 1 rings (SSSR count). The zero-order valence-electron chi connectivity index (χ0n) is 17.1. The minimum absolute atomic E-state index is 0.0436. The second kappa shape index (κ2) is 13.5. The highest BCUT2D eigenvalue weighted by atomic mass is 16.3. The topological polar surface area (TPSA) is 63.9 Å². The van der Waals surface area contributed by atoms with Gasteiger partial charge < -0.3 is 20.2 Å². The van der Waals surface area contributed by atoms with E-state index in [9.17, 15) is 15.3 Å². The van der Waals surface area contributed by atoms with Gasteiger partial charge in [-0.2, -0.15) is 0 Å². The lowest BCUT2D eigenvalue weighted by molar-refractivity contribution is 0.120. The van der Waals surface area contributed by atoms with Gasteiger partial charge in [-0.25, -0.2) is 0 Å². The number of unbranched alkanes of at least 4 members (excludes halogenated alkanes) is 4. The Kier molecular flexibility index (Phi) is 12.1. The Morgan fingerprint density at radius 2 is 1.81 bits per heavy atom. The second-order valence-corrected chi connectivity index (χ2v) is 8.07. The summed E-state index contributed by atoms with van der Waals surface area (Å²) < 4.78 is 0. The van der Waals surface area contributed by atoms with E-state index in [1.165, 1.54) is 12.8 Å². The first-order valence-corrected chi connectivity index (χ1v) is 10.5. The third-order valence-corrected chi connectivity index (χ3v) is 5.38. The van der Waals surface area contributed by atoms with Gasteiger partial charge in [0.05, 0.1) is 18.3 Å². The summed E-state index contributed by atoms with van der Waals surface area (Å²) in [7, 11) is 4.19. The van der Waals surface area contributed by atoms with E-state index in [1.54, 1.807) is 0 Å². The van der Waals surface area contributed by atoms with Gasteiger partial charge >= 0.3 is 0 Å². The maximum absolute atomic E-state index is 10.3. The van der Waals surface area contributed by atoms with Crippen LogP contribution in [0.2, 0.25) is 0 Å². The van der Waals surface area contributed by atoms with Crippen LogP contribution in [0, 0.1) is 11.8 Å². The normalized spacial score (nSPS) is 28.0. The molecule has 1 aliphatic rings. The molecule has 0 aromatic heterocycles. The molecular weight excluding hydrogens is 326 g/mol. The molecule has 0 aliphatic heterocycles. The molecule has 0 heterocycles. The molecule has 152 valence electrons. The summed E-state index contributed by atoms with van der Waals surface area (Å²) in [6.45, 7) is 3.27. The molecule has 1 fully saturated rings. The molecule has 1 saturated carbocycles. The van der Waals surface area contributed by atoms with Crippen LogP contribution < -0.4 is 0 Å². The Hall–Kier alpha value is -0.680. The van der Waals surface area contributed by atoms with Crippen LogP contribution in [0.5, 0.6) is 0 Å². The molecule has 0 radical (unpaired) electrons. The summed E-state index contributed by atoms with van der Waals surface area (Å²) in [5.74, 6) is -0.0219. The van der Waals surface area contributed by atoms with Crippen molar-refractivity contribution in [3.05, 3.63) is 24.3 Å². The third-order valence-electron chi connectivity index (χ3n) is 5.38. The zero-order chi connectivity index (χ0) is 19.4. The lowest BCUT2D eigenvalue weighted by Crippen LogP contribution is -2.20. The van der Waals surface area contributed by atoms with Crippen molar-refractivity contribution >= 4 is 0 Å². The lowest BCUT2D eigenvalue weighted by Gasteiger charge is -2.19. The summed E-state index contributed by atoms with van der Waals surface area (Å²) in [6, 6.07) is 0. The van der Waals surface area contributed by atoms with E-state index in [0.29, 0.717) is 6.42 Å². The zero-order valence-corrected chi connectivity index (χ0v) is 17.1. The van der Waals surface area contributed by atoms with Crippen LogP contribution >= 0.6 is 0 Å². The van der Waals surface area contributed by atoms with Crippen molar-refractivity contribution in [2.45, 2.75) is 83.0 Å². The highest BCUT2D eigenvalue weighted by Gasteiger charge is 2.39. The fourth-order valence-electron chi connectivity index (χ4n) is 3.72. The molecule has 0 bridgehead atoms. The van der Waals surface area contributed by atoms with Gasteiger partial charge in [0.25, 0.3) is 0 Å². The van der Waals surface area contributed by atoms with Gasteiger partial charge in [0, 0.05) is 12.3 Å². The van der Waals surface area contributed by atoms with E-state index in [2.05, 4.69) is 38.1 Å². The molecule has 4 heteroatoms. The van der Waals surface area contributed by atoms with E-state index in [-0.39, 0.29) is 11.8 Å². The third kappa shape index (κ3) is 9.31. The molecule has 0 saturated heterocycles. The van der Waals surface area contributed by atoms with Crippen LogP contribution in [0.4, 0.5) is 0 Å². The van der Waals surface area contributed by atoms with E-state index in [4.69, 9.17) is 0 Å². The van der Waals surface area contributed by atoms with Gasteiger partial charge in [0.1, 0.15) is 0 Å². The van der Waals surface area contributed by atoms with Crippen LogP contribution in [0.15, 0.2) is 24.3 Å². The van der Waals surface area contributed by atoms with Gasteiger partial charge in [-0.05, 0) is 58.7 Å². The fourth-order valence-corrected chi connectivity index (χ4v) is 3.72. The standard InChI is InChI=1S/C22H41NO3/c1-4-5-9-12-18(24)14-15-20-19(21(25)17-22(20)26)13-10-7-6-8-11-16-23(2)3/h7,10,14-15,18-22,24-26H,4-6,8-9,11-13,16-17H2,1-3H3/b10-7+,15-14+/t18?,19-,20-,21?,22?/m1/s1. The second-order valence-electron chi connectivity index (χ2n) is 8.07. The van der Waals surface area contributed by atoms with Crippen LogP contribution in [0.25, 0.3) is 0 Å². The summed E-state index contributed by atoms with van der Waals surface area (Å²) >= 11 is 0. The quantitative estimate of drug-likeness (QED) is 0.344. The van der Waals surface area contributed by atoms with Crippen molar-refractivity contribution in [1.82, 2.24) is 4.90 Å². The van der Waals surface area contributed by atoms with Crippen LogP contribution in [-0.2, 0) is 0 Å². The van der Waals surface area contributed by atoms with Crippen molar-refractivity contribution in [3.8, 4) is 0 Å². The van der Waals surface area contributed by atoms with E-state index in [0.717, 1.165) is 45.1 Å². The maximum Gasteiger partial charge on any atom is 0.0721 e. The van der Waals surface area contributed by atoms with Crippen molar-refractivity contribution in [2.24, 2.45) is 11.8 Å². The minimum Gasteiger partial charge on any atom is -0.393 e. The Balaban J connectivity index is 2.41. The Morgan fingerprint density at radius 1 is 1.04 bits per heavy atom. The predicted molar refractivity (Wildman–Crippen MR) is 109 cm³/mol.